The number of para-hydroxylation sites is 1. The van der Waals surface area contributed by atoms with E-state index in [0.717, 1.165) is 4.57 Å². The van der Waals surface area contributed by atoms with E-state index in [-0.39, 0.29) is 56.5 Å². The van der Waals surface area contributed by atoms with E-state index in [9.17, 15) is 24.3 Å². The Morgan fingerprint density at radius 3 is 2.28 bits per heavy atom. The fourth-order valence-electron chi connectivity index (χ4n) is 5.81. The summed E-state index contributed by atoms with van der Waals surface area (Å²) >= 11 is 1.86. The Kier molecular flexibility index (Phi) is 5.97. The summed E-state index contributed by atoms with van der Waals surface area (Å²) in [6.07, 6.45) is 3.18. The van der Waals surface area contributed by atoms with Crippen LogP contribution in [0.15, 0.2) is 84.5 Å². The lowest BCUT2D eigenvalue weighted by Crippen LogP contribution is -2.40. The van der Waals surface area contributed by atoms with Crippen LogP contribution in [0.5, 0.6) is 17.2 Å². The number of rotatable bonds is 4. The largest absolute Gasteiger partial charge is 0.508 e. The number of ether oxygens (including phenoxy) is 2. The van der Waals surface area contributed by atoms with Crippen LogP contribution >= 0.6 is 22.6 Å². The fourth-order valence-corrected chi connectivity index (χ4v) is 6.38. The molecule has 1 aromatic heterocycles. The first-order valence-corrected chi connectivity index (χ1v) is 13.2. The predicted molar refractivity (Wildman–Crippen MR) is 149 cm³/mol. The summed E-state index contributed by atoms with van der Waals surface area (Å²) in [5.74, 6) is -1.04. The minimum atomic E-state index is -0.824. The van der Waals surface area contributed by atoms with Crippen molar-refractivity contribution in [2.45, 2.75) is 24.9 Å². The molecule has 0 saturated heterocycles. The second-order valence-electron chi connectivity index (χ2n) is 9.36. The maximum Gasteiger partial charge on any atom is 0.352 e. The van der Waals surface area contributed by atoms with E-state index >= 15 is 0 Å². The number of phenols is 1. The molecule has 0 radical (unpaired) electrons. The number of allylic oxidation sites excluding steroid dienone is 6. The zero-order valence-corrected chi connectivity index (χ0v) is 23.0. The first-order valence-electron chi connectivity index (χ1n) is 12.1. The number of hydrogen-bond acceptors (Lipinski definition) is 7. The summed E-state index contributed by atoms with van der Waals surface area (Å²) in [6.45, 7) is 0.0800. The van der Waals surface area contributed by atoms with E-state index in [0.29, 0.717) is 16.8 Å². The van der Waals surface area contributed by atoms with Crippen molar-refractivity contribution in [2.75, 3.05) is 14.2 Å². The molecule has 6 rings (SSSR count). The molecule has 2 aromatic carbocycles. The highest BCUT2D eigenvalue weighted by Crippen LogP contribution is 2.54. The normalized spacial score (nSPS) is 20.1. The second-order valence-corrected chi connectivity index (χ2v) is 10.5. The molecule has 198 valence electrons. The van der Waals surface area contributed by atoms with E-state index < -0.39 is 23.3 Å². The minimum absolute atomic E-state index is 0.0591. The van der Waals surface area contributed by atoms with Gasteiger partial charge in [0, 0.05) is 47.3 Å². The van der Waals surface area contributed by atoms with Crippen LogP contribution in [-0.2, 0) is 16.1 Å². The molecule has 0 amide bonds. The Morgan fingerprint density at radius 2 is 1.64 bits per heavy atom. The van der Waals surface area contributed by atoms with Gasteiger partial charge in [-0.3, -0.25) is 9.59 Å². The number of ketones is 2. The standard InChI is InChI=1S/C28H22IN3O7/c1-38-21-10-15(33)11-22(39-2)25(21)23-16-8-9-30-27(36)31(14-6-4-3-5-7-14)28(37)32(30)19(16)12-17-20(34)13-18(29)26(35)24(17)23/h3-8,10-11,13,19,23,33H,9,12H2,1-2H3/t19-,23+/m1/s1. The van der Waals surface area contributed by atoms with Crippen molar-refractivity contribution >= 4 is 34.2 Å². The average Bonchev–Trinajstić information content (AvgIpc) is 3.20. The van der Waals surface area contributed by atoms with Gasteiger partial charge in [0.2, 0.25) is 0 Å². The molecule has 11 heteroatoms. The highest BCUT2D eigenvalue weighted by molar-refractivity contribution is 14.1. The van der Waals surface area contributed by atoms with Crippen molar-refractivity contribution in [1.29, 1.82) is 0 Å². The Balaban J connectivity index is 1.64. The Bertz CT molecular complexity index is 1760. The molecule has 0 unspecified atom stereocenters. The first-order chi connectivity index (χ1) is 18.8. The molecule has 2 heterocycles. The van der Waals surface area contributed by atoms with Crippen LogP contribution in [0, 0.1) is 0 Å². The second kappa shape index (κ2) is 9.26. The smallest absolute Gasteiger partial charge is 0.352 e. The van der Waals surface area contributed by atoms with E-state index in [1.54, 1.807) is 30.3 Å². The number of nitrogens with zero attached hydrogens (tertiary/aromatic N) is 3. The van der Waals surface area contributed by atoms with Crippen LogP contribution in [0.25, 0.3) is 5.69 Å². The predicted octanol–water partition coefficient (Wildman–Crippen LogP) is 2.96. The van der Waals surface area contributed by atoms with E-state index in [1.165, 1.54) is 41.8 Å². The summed E-state index contributed by atoms with van der Waals surface area (Å²) in [4.78, 5) is 54.1. The zero-order valence-electron chi connectivity index (χ0n) is 20.9. The number of methoxy groups -OCH3 is 2. The highest BCUT2D eigenvalue weighted by Gasteiger charge is 2.47. The van der Waals surface area contributed by atoms with E-state index in [1.807, 2.05) is 28.7 Å². The average molecular weight is 639 g/mol. The topological polar surface area (TPSA) is 122 Å². The Hall–Kier alpha value is -4.13. The lowest BCUT2D eigenvalue weighted by atomic mass is 9.68. The maximum atomic E-state index is 13.8. The number of aromatic hydroxyl groups is 1. The molecule has 2 aliphatic carbocycles. The SMILES string of the molecule is COc1cc(O)cc(OC)c1[C@H]1C2=CCn3c(=O)n(-c4ccccc4)c(=O)n3[C@@H]2CC2=C1C(=O)C(I)=CC2=O. The number of carbonyl (C=O) groups excluding carboxylic acids is 2. The summed E-state index contributed by atoms with van der Waals surface area (Å²) < 4.78 is 15.3. The van der Waals surface area contributed by atoms with Crippen molar-refractivity contribution in [1.82, 2.24) is 13.9 Å². The Labute approximate surface area is 235 Å². The van der Waals surface area contributed by atoms with Crippen LogP contribution in [0.3, 0.4) is 0 Å². The van der Waals surface area contributed by atoms with Gasteiger partial charge in [-0.25, -0.2) is 23.5 Å². The van der Waals surface area contributed by atoms with Crippen LogP contribution in [-0.4, -0.2) is 44.8 Å². The van der Waals surface area contributed by atoms with Gasteiger partial charge in [-0.05, 0) is 40.3 Å². The lowest BCUT2D eigenvalue weighted by molar-refractivity contribution is -0.115. The van der Waals surface area contributed by atoms with Crippen molar-refractivity contribution in [3.05, 3.63) is 101 Å². The van der Waals surface area contributed by atoms with Crippen LogP contribution in [0.4, 0.5) is 0 Å². The third-order valence-corrected chi connectivity index (χ3v) is 8.23. The first kappa shape index (κ1) is 25.2. The number of Topliss-reactive ketones (excluding diaryl/α,β-unsaturated/α-hetero) is 1. The molecule has 10 nitrogen and oxygen atoms in total. The third-order valence-electron chi connectivity index (χ3n) is 7.43. The molecular formula is C28H22IN3O7. The monoisotopic (exact) mass is 639 g/mol. The molecule has 1 N–H and O–H groups in total. The molecule has 0 fully saturated rings. The molecule has 0 spiro atoms. The summed E-state index contributed by atoms with van der Waals surface area (Å²) in [6, 6.07) is 10.7. The van der Waals surface area contributed by atoms with Gasteiger partial charge in [0.1, 0.15) is 17.2 Å². The zero-order chi connectivity index (χ0) is 27.6. The molecule has 2 atom stereocenters. The van der Waals surface area contributed by atoms with Crippen molar-refractivity contribution in [3.63, 3.8) is 0 Å². The van der Waals surface area contributed by atoms with Crippen molar-refractivity contribution in [3.8, 4) is 22.9 Å². The summed E-state index contributed by atoms with van der Waals surface area (Å²) in [7, 11) is 2.87. The molecule has 3 aromatic rings. The van der Waals surface area contributed by atoms with Gasteiger partial charge < -0.3 is 14.6 Å². The number of carbonyl (C=O) groups is 2. The van der Waals surface area contributed by atoms with Crippen LogP contribution in [0.2, 0.25) is 0 Å². The molecule has 3 aliphatic rings. The van der Waals surface area contributed by atoms with Gasteiger partial charge in [0.05, 0.1) is 36.1 Å². The number of aromatic nitrogens is 3. The van der Waals surface area contributed by atoms with Gasteiger partial charge in [-0.2, -0.15) is 0 Å². The highest BCUT2D eigenvalue weighted by atomic mass is 127. The van der Waals surface area contributed by atoms with Gasteiger partial charge >= 0.3 is 11.4 Å². The number of fused-ring (bicyclic) bond motifs is 3. The molecule has 39 heavy (non-hydrogen) atoms. The molecule has 0 bridgehead atoms. The van der Waals surface area contributed by atoms with Crippen LogP contribution < -0.4 is 20.9 Å². The van der Waals surface area contributed by atoms with Crippen molar-refractivity contribution in [2.24, 2.45) is 0 Å². The third kappa shape index (κ3) is 3.67. The maximum absolute atomic E-state index is 13.8. The fraction of sp³-hybridized carbons (Fsp3) is 0.214. The summed E-state index contributed by atoms with van der Waals surface area (Å²) in [5.41, 5.74) is 1.04. The minimum Gasteiger partial charge on any atom is -0.508 e. The lowest BCUT2D eigenvalue weighted by Gasteiger charge is -2.40. The molecular weight excluding hydrogens is 617 g/mol. The van der Waals surface area contributed by atoms with Gasteiger partial charge in [0.15, 0.2) is 11.6 Å². The summed E-state index contributed by atoms with van der Waals surface area (Å²) in [5, 5.41) is 10.3. The van der Waals surface area contributed by atoms with Gasteiger partial charge in [0.25, 0.3) is 0 Å². The number of phenolic OH excluding ortho intramolecular Hbond substituents is 1. The number of benzene rings is 2. The number of hydrogen-bond donors (Lipinski definition) is 1. The quantitative estimate of drug-likeness (QED) is 0.265. The van der Waals surface area contributed by atoms with Gasteiger partial charge in [-0.15, -0.1) is 0 Å². The van der Waals surface area contributed by atoms with E-state index in [2.05, 4.69) is 0 Å². The number of halogens is 1. The molecule has 1 aliphatic heterocycles. The van der Waals surface area contributed by atoms with Gasteiger partial charge in [-0.1, -0.05) is 24.3 Å². The Morgan fingerprint density at radius 1 is 0.974 bits per heavy atom. The van der Waals surface area contributed by atoms with Crippen LogP contribution in [0.1, 0.15) is 23.9 Å². The van der Waals surface area contributed by atoms with Crippen molar-refractivity contribution < 1.29 is 24.2 Å². The molecule has 0 saturated carbocycles. The van der Waals surface area contributed by atoms with E-state index in [4.69, 9.17) is 9.47 Å².